The van der Waals surface area contributed by atoms with E-state index in [0.29, 0.717) is 0 Å². The van der Waals surface area contributed by atoms with Crippen LogP contribution in [-0.2, 0) is 4.79 Å². The molecule has 0 saturated heterocycles. The van der Waals surface area contributed by atoms with Gasteiger partial charge in [-0.2, -0.15) is 0 Å². The topological polar surface area (TPSA) is 55.1 Å². The van der Waals surface area contributed by atoms with Gasteiger partial charge in [-0.25, -0.2) is 0 Å². The Kier molecular flexibility index (Phi) is 1.53. The molecule has 1 atom stereocenters. The Balaban J connectivity index is 2.23. The molecule has 3 nitrogen and oxygen atoms in total. The Morgan fingerprint density at radius 2 is 2.67 bits per heavy atom. The molecule has 0 fully saturated rings. The van der Waals surface area contributed by atoms with E-state index in [4.69, 9.17) is 5.73 Å². The molecule has 0 aromatic heterocycles. The first kappa shape index (κ1) is 6.29. The minimum atomic E-state index is -0.305. The van der Waals surface area contributed by atoms with Crippen molar-refractivity contribution in [1.29, 1.82) is 0 Å². The first-order valence-electron chi connectivity index (χ1n) is 3.00. The van der Waals surface area contributed by atoms with Gasteiger partial charge < -0.3 is 11.1 Å². The van der Waals surface area contributed by atoms with Crippen LogP contribution in [0.25, 0.3) is 0 Å². The van der Waals surface area contributed by atoms with Crippen molar-refractivity contribution in [1.82, 2.24) is 5.32 Å². The lowest BCUT2D eigenvalue weighted by Crippen LogP contribution is -2.22. The first-order valence-corrected chi connectivity index (χ1v) is 3.00. The van der Waals surface area contributed by atoms with Gasteiger partial charge in [-0.3, -0.25) is 4.79 Å². The predicted octanol–water partition coefficient (Wildman–Crippen LogP) is -0.610. The zero-order valence-electron chi connectivity index (χ0n) is 5.35. The molecule has 0 aliphatic heterocycles. The number of primary amides is 1. The van der Waals surface area contributed by atoms with Gasteiger partial charge in [0.1, 0.15) is 0 Å². The molecule has 0 heterocycles. The molecule has 1 aliphatic rings. The summed E-state index contributed by atoms with van der Waals surface area (Å²) in [5.74, 6) is -0.305. The van der Waals surface area contributed by atoms with Crippen molar-refractivity contribution >= 4 is 5.91 Å². The number of likely N-dealkylation sites (N-methyl/N-ethyl adjacent to an activating group) is 1. The molecular formula is C6H10N2O. The molecule has 0 aromatic carbocycles. The average Bonchev–Trinajstić information content (AvgIpc) is 2.47. The molecule has 1 amide bonds. The van der Waals surface area contributed by atoms with Crippen molar-refractivity contribution < 1.29 is 4.79 Å². The molecule has 0 aromatic rings. The highest BCUT2D eigenvalue weighted by atomic mass is 16.1. The van der Waals surface area contributed by atoms with Crippen LogP contribution in [0, 0.1) is 0 Å². The van der Waals surface area contributed by atoms with Crippen molar-refractivity contribution in [2.45, 2.75) is 13.0 Å². The van der Waals surface area contributed by atoms with Crippen LogP contribution in [-0.4, -0.2) is 18.5 Å². The van der Waals surface area contributed by atoms with E-state index in [2.05, 4.69) is 5.32 Å². The number of carbonyl (C=O) groups excluding carboxylic acids is 1. The average molecular weight is 126 g/mol. The van der Waals surface area contributed by atoms with Gasteiger partial charge >= 0.3 is 0 Å². The Morgan fingerprint density at radius 1 is 2.00 bits per heavy atom. The highest BCUT2D eigenvalue weighted by Crippen LogP contribution is 2.18. The van der Waals surface area contributed by atoms with E-state index in [1.165, 1.54) is 0 Å². The summed E-state index contributed by atoms with van der Waals surface area (Å²) in [5, 5.41) is 3.06. The summed E-state index contributed by atoms with van der Waals surface area (Å²) in [4.78, 5) is 10.4. The Hall–Kier alpha value is -0.830. The molecule has 0 radical (unpaired) electrons. The van der Waals surface area contributed by atoms with Crippen LogP contribution < -0.4 is 11.1 Å². The van der Waals surface area contributed by atoms with Crippen LogP contribution in [0.2, 0.25) is 0 Å². The SMILES string of the molecule is CCNC1C=C1C(N)=O. The summed E-state index contributed by atoms with van der Waals surface area (Å²) in [6.45, 7) is 2.86. The largest absolute Gasteiger partial charge is 0.366 e. The molecule has 50 valence electrons. The lowest BCUT2D eigenvalue weighted by atomic mass is 10.4. The molecule has 3 heteroatoms. The van der Waals surface area contributed by atoms with E-state index in [0.717, 1.165) is 12.1 Å². The second kappa shape index (κ2) is 2.19. The lowest BCUT2D eigenvalue weighted by molar-refractivity contribution is -0.114. The Morgan fingerprint density at radius 3 is 3.00 bits per heavy atom. The normalized spacial score (nSPS) is 23.2. The second-order valence-corrected chi connectivity index (χ2v) is 2.02. The standard InChI is InChI=1S/C6H10N2O/c1-2-8-5-3-4(5)6(7)9/h3,5,8H,2H2,1H3,(H2,7,9). The van der Waals surface area contributed by atoms with E-state index < -0.39 is 0 Å². The summed E-state index contributed by atoms with van der Waals surface area (Å²) in [6.07, 6.45) is 1.83. The van der Waals surface area contributed by atoms with E-state index in [9.17, 15) is 4.79 Å². The Bertz CT molecular complexity index is 162. The molecule has 9 heavy (non-hydrogen) atoms. The van der Waals surface area contributed by atoms with Crippen LogP contribution >= 0.6 is 0 Å². The molecule has 1 unspecified atom stereocenters. The fourth-order valence-corrected chi connectivity index (χ4v) is 0.756. The summed E-state index contributed by atoms with van der Waals surface area (Å²) in [5.41, 5.74) is 5.69. The maximum atomic E-state index is 10.4. The predicted molar refractivity (Wildman–Crippen MR) is 34.7 cm³/mol. The van der Waals surface area contributed by atoms with Crippen molar-refractivity contribution in [3.63, 3.8) is 0 Å². The minimum Gasteiger partial charge on any atom is -0.366 e. The number of carbonyl (C=O) groups is 1. The summed E-state index contributed by atoms with van der Waals surface area (Å²) >= 11 is 0. The number of nitrogens with one attached hydrogen (secondary N) is 1. The van der Waals surface area contributed by atoms with Gasteiger partial charge in [0.2, 0.25) is 5.91 Å². The van der Waals surface area contributed by atoms with Gasteiger partial charge in [0.15, 0.2) is 0 Å². The van der Waals surface area contributed by atoms with Gasteiger partial charge in [0.25, 0.3) is 0 Å². The quantitative estimate of drug-likeness (QED) is 0.530. The van der Waals surface area contributed by atoms with E-state index in [1.807, 2.05) is 13.0 Å². The minimum absolute atomic E-state index is 0.174. The Labute approximate surface area is 53.9 Å². The summed E-state index contributed by atoms with van der Waals surface area (Å²) < 4.78 is 0. The van der Waals surface area contributed by atoms with E-state index in [1.54, 1.807) is 0 Å². The molecule has 1 aliphatic carbocycles. The van der Waals surface area contributed by atoms with E-state index in [-0.39, 0.29) is 11.9 Å². The van der Waals surface area contributed by atoms with Gasteiger partial charge in [-0.15, -0.1) is 0 Å². The number of hydrogen-bond donors (Lipinski definition) is 2. The molecule has 0 spiro atoms. The van der Waals surface area contributed by atoms with E-state index >= 15 is 0 Å². The molecular weight excluding hydrogens is 116 g/mol. The lowest BCUT2D eigenvalue weighted by Gasteiger charge is -1.95. The van der Waals surface area contributed by atoms with Crippen LogP contribution in [0.4, 0.5) is 0 Å². The maximum Gasteiger partial charge on any atom is 0.246 e. The number of hydrogen-bond acceptors (Lipinski definition) is 2. The van der Waals surface area contributed by atoms with Crippen molar-refractivity contribution in [2.24, 2.45) is 5.73 Å². The van der Waals surface area contributed by atoms with Crippen LogP contribution in [0.15, 0.2) is 11.6 Å². The van der Waals surface area contributed by atoms with Gasteiger partial charge in [-0.05, 0) is 6.54 Å². The number of amides is 1. The molecule has 3 N–H and O–H groups in total. The van der Waals surface area contributed by atoms with Gasteiger partial charge in [-0.1, -0.05) is 13.0 Å². The maximum absolute atomic E-state index is 10.4. The highest BCUT2D eigenvalue weighted by Gasteiger charge is 2.27. The van der Waals surface area contributed by atoms with Crippen molar-refractivity contribution in [2.75, 3.05) is 6.54 Å². The third-order valence-electron chi connectivity index (χ3n) is 1.28. The summed E-state index contributed by atoms with van der Waals surface area (Å²) in [6, 6.07) is 0.174. The summed E-state index contributed by atoms with van der Waals surface area (Å²) in [7, 11) is 0. The van der Waals surface area contributed by atoms with Crippen molar-refractivity contribution in [3.05, 3.63) is 11.6 Å². The number of rotatable bonds is 3. The van der Waals surface area contributed by atoms with Gasteiger partial charge in [0, 0.05) is 5.57 Å². The first-order chi connectivity index (χ1) is 4.25. The zero-order valence-corrected chi connectivity index (χ0v) is 5.35. The fraction of sp³-hybridized carbons (Fsp3) is 0.500. The van der Waals surface area contributed by atoms with Crippen LogP contribution in [0.1, 0.15) is 6.92 Å². The van der Waals surface area contributed by atoms with Crippen LogP contribution in [0.3, 0.4) is 0 Å². The molecule has 0 bridgehead atoms. The fourth-order valence-electron chi connectivity index (χ4n) is 0.756. The zero-order chi connectivity index (χ0) is 6.85. The third-order valence-corrected chi connectivity index (χ3v) is 1.28. The third kappa shape index (κ3) is 1.29. The van der Waals surface area contributed by atoms with Gasteiger partial charge in [0.05, 0.1) is 6.04 Å². The molecule has 1 rings (SSSR count). The smallest absolute Gasteiger partial charge is 0.246 e. The highest BCUT2D eigenvalue weighted by molar-refractivity contribution is 5.98. The van der Waals surface area contributed by atoms with Crippen LogP contribution in [0.5, 0.6) is 0 Å². The monoisotopic (exact) mass is 126 g/mol. The number of nitrogens with two attached hydrogens (primary N) is 1. The van der Waals surface area contributed by atoms with Crippen molar-refractivity contribution in [3.8, 4) is 0 Å². The second-order valence-electron chi connectivity index (χ2n) is 2.02. The molecule has 0 saturated carbocycles.